The number of rotatable bonds is 2. The Labute approximate surface area is 95.4 Å². The van der Waals surface area contributed by atoms with E-state index in [4.69, 9.17) is 21.8 Å². The van der Waals surface area contributed by atoms with E-state index in [2.05, 4.69) is 11.6 Å². The third kappa shape index (κ3) is 2.29. The second kappa shape index (κ2) is 4.63. The maximum atomic E-state index is 10.7. The quantitative estimate of drug-likeness (QED) is 0.832. The lowest BCUT2D eigenvalue weighted by Gasteiger charge is -2.12. The molecule has 7 heteroatoms. The zero-order valence-electron chi connectivity index (χ0n) is 7.92. The van der Waals surface area contributed by atoms with Gasteiger partial charge in [-0.1, -0.05) is 18.2 Å². The van der Waals surface area contributed by atoms with Crippen LogP contribution in [-0.2, 0) is 0 Å². The van der Waals surface area contributed by atoms with Crippen LogP contribution in [0, 0.1) is 0 Å². The van der Waals surface area contributed by atoms with E-state index in [0.717, 1.165) is 0 Å². The van der Waals surface area contributed by atoms with Gasteiger partial charge >= 0.3 is 12.2 Å². The Morgan fingerprint density at radius 1 is 1.38 bits per heavy atom. The van der Waals surface area contributed by atoms with Gasteiger partial charge in [0.25, 0.3) is 0 Å². The molecule has 0 aliphatic rings. The van der Waals surface area contributed by atoms with Gasteiger partial charge in [0.05, 0.1) is 10.7 Å². The molecule has 1 heterocycles. The molecular formula is C9H7ClN2O4. The summed E-state index contributed by atoms with van der Waals surface area (Å²) in [5, 5.41) is 17.6. The fourth-order valence-corrected chi connectivity index (χ4v) is 1.18. The van der Waals surface area contributed by atoms with E-state index in [9.17, 15) is 9.59 Å². The summed E-state index contributed by atoms with van der Waals surface area (Å²) in [6.45, 7) is 3.42. The van der Waals surface area contributed by atoms with Gasteiger partial charge in [-0.25, -0.2) is 14.6 Å². The minimum atomic E-state index is -1.64. The van der Waals surface area contributed by atoms with Crippen molar-refractivity contribution in [3.63, 3.8) is 0 Å². The summed E-state index contributed by atoms with van der Waals surface area (Å²) in [5.74, 6) is -0.251. The molecule has 0 spiro atoms. The molecule has 2 N–H and O–H groups in total. The van der Waals surface area contributed by atoms with Crippen molar-refractivity contribution in [2.45, 2.75) is 0 Å². The van der Waals surface area contributed by atoms with Crippen LogP contribution in [0.1, 0.15) is 5.69 Å². The summed E-state index contributed by atoms with van der Waals surface area (Å²) < 4.78 is 0. The molecule has 6 nitrogen and oxygen atoms in total. The average Bonchev–Trinajstić information content (AvgIpc) is 2.19. The SMILES string of the molecule is C=Cc1nc(N(C(=O)O)C(=O)O)ccc1Cl. The van der Waals surface area contributed by atoms with Crippen molar-refractivity contribution < 1.29 is 19.8 Å². The molecule has 0 fully saturated rings. The van der Waals surface area contributed by atoms with Crippen molar-refractivity contribution >= 4 is 35.7 Å². The molecule has 0 saturated heterocycles. The van der Waals surface area contributed by atoms with E-state index in [1.807, 2.05) is 0 Å². The highest BCUT2D eigenvalue weighted by atomic mass is 35.5. The van der Waals surface area contributed by atoms with Gasteiger partial charge in [-0.05, 0) is 18.2 Å². The Morgan fingerprint density at radius 2 is 1.94 bits per heavy atom. The van der Waals surface area contributed by atoms with Crippen LogP contribution in [-0.4, -0.2) is 27.4 Å². The second-order valence-corrected chi connectivity index (χ2v) is 3.05. The first-order valence-corrected chi connectivity index (χ1v) is 4.40. The smallest absolute Gasteiger partial charge is 0.422 e. The standard InChI is InChI=1S/C9H7ClN2O4/c1-2-6-5(10)3-4-7(11-6)12(8(13)14)9(15)16/h2-4H,1H2,(H,13,14)(H,15,16). The molecule has 0 atom stereocenters. The third-order valence-electron chi connectivity index (χ3n) is 1.66. The Hall–Kier alpha value is -2.08. The zero-order valence-corrected chi connectivity index (χ0v) is 8.68. The fraction of sp³-hybridized carbons (Fsp3) is 0. The van der Waals surface area contributed by atoms with Crippen molar-refractivity contribution in [1.29, 1.82) is 0 Å². The van der Waals surface area contributed by atoms with Gasteiger partial charge < -0.3 is 10.2 Å². The molecule has 0 radical (unpaired) electrons. The van der Waals surface area contributed by atoms with Crippen molar-refractivity contribution in [3.8, 4) is 0 Å². The maximum absolute atomic E-state index is 10.7. The van der Waals surface area contributed by atoms with Gasteiger partial charge in [-0.2, -0.15) is 4.90 Å². The number of halogens is 1. The number of hydrogen-bond donors (Lipinski definition) is 2. The number of hydrogen-bond acceptors (Lipinski definition) is 3. The van der Waals surface area contributed by atoms with Gasteiger partial charge in [0.2, 0.25) is 0 Å². The highest BCUT2D eigenvalue weighted by Crippen LogP contribution is 2.20. The van der Waals surface area contributed by atoms with E-state index in [-0.39, 0.29) is 21.4 Å². The molecule has 0 aliphatic carbocycles. The number of amides is 2. The number of carbonyl (C=O) groups is 2. The summed E-state index contributed by atoms with van der Waals surface area (Å²) >= 11 is 5.71. The summed E-state index contributed by atoms with van der Waals surface area (Å²) in [4.78, 5) is 25.2. The Balaban J connectivity index is 3.26. The minimum absolute atomic E-state index is 0.0866. The highest BCUT2D eigenvalue weighted by Gasteiger charge is 2.23. The van der Waals surface area contributed by atoms with Crippen LogP contribution in [0.3, 0.4) is 0 Å². The molecule has 0 saturated carbocycles. The van der Waals surface area contributed by atoms with E-state index < -0.39 is 12.2 Å². The molecule has 0 aromatic carbocycles. The normalized spacial score (nSPS) is 9.56. The van der Waals surface area contributed by atoms with Gasteiger partial charge in [0.15, 0.2) is 0 Å². The highest BCUT2D eigenvalue weighted by molar-refractivity contribution is 6.31. The summed E-state index contributed by atoms with van der Waals surface area (Å²) in [5.41, 5.74) is 0.215. The van der Waals surface area contributed by atoms with Crippen molar-refractivity contribution in [1.82, 2.24) is 4.98 Å². The summed E-state index contributed by atoms with van der Waals surface area (Å²) in [6, 6.07) is 2.54. The van der Waals surface area contributed by atoms with E-state index >= 15 is 0 Å². The monoisotopic (exact) mass is 242 g/mol. The van der Waals surface area contributed by atoms with E-state index in [1.165, 1.54) is 18.2 Å². The summed E-state index contributed by atoms with van der Waals surface area (Å²) in [6.07, 6.45) is -1.98. The van der Waals surface area contributed by atoms with Crippen LogP contribution >= 0.6 is 11.6 Å². The number of anilines is 1. The molecule has 1 aromatic rings. The largest absolute Gasteiger partial charge is 0.464 e. The predicted molar refractivity (Wildman–Crippen MR) is 57.9 cm³/mol. The van der Waals surface area contributed by atoms with Crippen LogP contribution in [0.5, 0.6) is 0 Å². The summed E-state index contributed by atoms with van der Waals surface area (Å²) in [7, 11) is 0. The molecule has 0 aliphatic heterocycles. The van der Waals surface area contributed by atoms with Gasteiger partial charge in [-0.15, -0.1) is 0 Å². The third-order valence-corrected chi connectivity index (χ3v) is 1.98. The molecule has 1 aromatic heterocycles. The Kier molecular flexibility index (Phi) is 3.47. The number of aromatic nitrogens is 1. The molecule has 0 unspecified atom stereocenters. The fourth-order valence-electron chi connectivity index (χ4n) is 0.993. The molecule has 1 rings (SSSR count). The van der Waals surface area contributed by atoms with Gasteiger partial charge in [0, 0.05) is 0 Å². The minimum Gasteiger partial charge on any atom is -0.464 e. The van der Waals surface area contributed by atoms with Crippen LogP contribution in [0.15, 0.2) is 18.7 Å². The van der Waals surface area contributed by atoms with Crippen LogP contribution < -0.4 is 4.90 Å². The number of pyridine rings is 1. The first kappa shape index (κ1) is 12.0. The van der Waals surface area contributed by atoms with E-state index in [0.29, 0.717) is 0 Å². The lowest BCUT2D eigenvalue weighted by Crippen LogP contribution is -2.35. The Bertz CT molecular complexity index is 447. The number of carboxylic acid groups (broad SMARTS) is 2. The van der Waals surface area contributed by atoms with Gasteiger partial charge in [-0.3, -0.25) is 0 Å². The predicted octanol–water partition coefficient (Wildman–Crippen LogP) is 2.54. The van der Waals surface area contributed by atoms with Crippen LogP contribution in [0.2, 0.25) is 5.02 Å². The number of imide groups is 1. The van der Waals surface area contributed by atoms with Crippen molar-refractivity contribution in [2.75, 3.05) is 4.90 Å². The maximum Gasteiger partial charge on any atom is 0.422 e. The first-order chi connectivity index (χ1) is 7.47. The molecule has 84 valence electrons. The lowest BCUT2D eigenvalue weighted by molar-refractivity contribution is 0.184. The molecule has 16 heavy (non-hydrogen) atoms. The average molecular weight is 243 g/mol. The number of nitrogens with zero attached hydrogens (tertiary/aromatic N) is 2. The first-order valence-electron chi connectivity index (χ1n) is 4.02. The van der Waals surface area contributed by atoms with Crippen molar-refractivity contribution in [2.24, 2.45) is 0 Å². The second-order valence-electron chi connectivity index (χ2n) is 2.64. The zero-order chi connectivity index (χ0) is 12.3. The topological polar surface area (TPSA) is 90.7 Å². The van der Waals surface area contributed by atoms with E-state index in [1.54, 1.807) is 0 Å². The lowest BCUT2D eigenvalue weighted by atomic mass is 10.3. The molecule has 0 bridgehead atoms. The van der Waals surface area contributed by atoms with Crippen molar-refractivity contribution in [3.05, 3.63) is 29.4 Å². The molecule has 2 amide bonds. The van der Waals surface area contributed by atoms with Gasteiger partial charge in [0.1, 0.15) is 5.82 Å². The molecular weight excluding hydrogens is 236 g/mol. The Morgan fingerprint density at radius 3 is 2.38 bits per heavy atom. The van der Waals surface area contributed by atoms with Crippen LogP contribution in [0.4, 0.5) is 15.4 Å². The van der Waals surface area contributed by atoms with Crippen LogP contribution in [0.25, 0.3) is 6.08 Å².